The van der Waals surface area contributed by atoms with Gasteiger partial charge in [0.1, 0.15) is 16.9 Å². The number of rotatable bonds is 11. The summed E-state index contributed by atoms with van der Waals surface area (Å²) >= 11 is 0. The molecule has 3 aromatic rings. The molecule has 0 aliphatic rings. The molecule has 0 saturated heterocycles. The van der Waals surface area contributed by atoms with E-state index in [0.717, 1.165) is 0 Å². The Morgan fingerprint density at radius 1 is 1.23 bits per heavy atom. The maximum atomic E-state index is 13.3. The molecule has 35 heavy (non-hydrogen) atoms. The Bertz CT molecular complexity index is 1390. The molecule has 0 saturated carbocycles. The van der Waals surface area contributed by atoms with Gasteiger partial charge in [0, 0.05) is 26.0 Å². The molecular formula is C25H28N4O6. The number of allylic oxidation sites excluding steroid dienone is 2. The summed E-state index contributed by atoms with van der Waals surface area (Å²) in [6.45, 7) is 8.12. The average Bonchev–Trinajstić information content (AvgIpc) is 2.85. The van der Waals surface area contributed by atoms with Crippen molar-refractivity contribution in [3.63, 3.8) is 0 Å². The number of hydrogen-bond acceptors (Lipinski definition) is 7. The maximum absolute atomic E-state index is 13.3. The van der Waals surface area contributed by atoms with E-state index in [1.165, 1.54) is 28.9 Å². The zero-order valence-electron chi connectivity index (χ0n) is 19.8. The first kappa shape index (κ1) is 25.6. The standard InChI is InChI=1S/C25H28N4O6/c1-4-7-14-34-17-21(30)27-23-19(25(32)35-6-3)16-18-22(29(23)13-10-15-33-5-2)26-20-11-8-9-12-28(20)24(18)31/h4,7-9,11-12,14,16H,1,5-6,10,13,15,17H2,2-3H3/b14-7+,27-23?. The van der Waals surface area contributed by atoms with E-state index in [4.69, 9.17) is 14.2 Å². The van der Waals surface area contributed by atoms with Crippen LogP contribution < -0.4 is 11.0 Å². The van der Waals surface area contributed by atoms with Gasteiger partial charge >= 0.3 is 5.97 Å². The molecule has 0 aliphatic carbocycles. The molecule has 0 unspecified atom stereocenters. The normalized spacial score (nSPS) is 11.9. The molecule has 3 aromatic heterocycles. The van der Waals surface area contributed by atoms with E-state index in [2.05, 4.69) is 16.6 Å². The van der Waals surface area contributed by atoms with Crippen LogP contribution in [0.25, 0.3) is 16.7 Å². The number of hydrogen-bond donors (Lipinski definition) is 0. The van der Waals surface area contributed by atoms with E-state index in [9.17, 15) is 14.4 Å². The molecular weight excluding hydrogens is 452 g/mol. The Labute approximate surface area is 201 Å². The second-order valence-electron chi connectivity index (χ2n) is 7.27. The van der Waals surface area contributed by atoms with E-state index < -0.39 is 11.9 Å². The van der Waals surface area contributed by atoms with Crippen molar-refractivity contribution in [2.75, 3.05) is 26.4 Å². The van der Waals surface area contributed by atoms with Crippen LogP contribution in [0.1, 0.15) is 30.6 Å². The summed E-state index contributed by atoms with van der Waals surface area (Å²) < 4.78 is 18.8. The number of pyridine rings is 2. The average molecular weight is 481 g/mol. The smallest absolute Gasteiger partial charge is 0.341 e. The second-order valence-corrected chi connectivity index (χ2v) is 7.27. The monoisotopic (exact) mass is 480 g/mol. The Hall–Kier alpha value is -4.05. The Kier molecular flexibility index (Phi) is 9.08. The number of aryl methyl sites for hydroxylation is 1. The lowest BCUT2D eigenvalue weighted by Gasteiger charge is -2.15. The highest BCUT2D eigenvalue weighted by molar-refractivity contribution is 5.93. The summed E-state index contributed by atoms with van der Waals surface area (Å²) in [5.41, 5.74) is 0.388. The molecule has 10 heteroatoms. The topological polar surface area (TPSA) is 113 Å². The third kappa shape index (κ3) is 6.10. The van der Waals surface area contributed by atoms with Crippen LogP contribution >= 0.6 is 0 Å². The quantitative estimate of drug-likeness (QED) is 0.136. The molecule has 0 fully saturated rings. The molecule has 0 aliphatic heterocycles. The highest BCUT2D eigenvalue weighted by atomic mass is 16.5. The molecule has 3 rings (SSSR count). The Morgan fingerprint density at radius 2 is 2.06 bits per heavy atom. The molecule has 0 radical (unpaired) electrons. The van der Waals surface area contributed by atoms with Crippen LogP contribution in [-0.2, 0) is 25.5 Å². The largest absolute Gasteiger partial charge is 0.491 e. The van der Waals surface area contributed by atoms with Gasteiger partial charge in [-0.15, -0.1) is 0 Å². The number of esters is 1. The van der Waals surface area contributed by atoms with Crippen molar-refractivity contribution in [3.05, 3.63) is 76.9 Å². The van der Waals surface area contributed by atoms with Crippen molar-refractivity contribution in [3.8, 4) is 0 Å². The second kappa shape index (κ2) is 12.4. The number of carbonyl (C=O) groups is 2. The number of ether oxygens (including phenoxy) is 3. The van der Waals surface area contributed by atoms with Gasteiger partial charge in [-0.3, -0.25) is 14.0 Å². The van der Waals surface area contributed by atoms with Crippen LogP contribution in [0, 0.1) is 0 Å². The van der Waals surface area contributed by atoms with Crippen LogP contribution in [0.4, 0.5) is 0 Å². The van der Waals surface area contributed by atoms with Gasteiger partial charge in [-0.2, -0.15) is 4.99 Å². The molecule has 3 heterocycles. The zero-order valence-corrected chi connectivity index (χ0v) is 19.8. The maximum Gasteiger partial charge on any atom is 0.341 e. The van der Waals surface area contributed by atoms with Crippen LogP contribution in [0.2, 0.25) is 0 Å². The SMILES string of the molecule is C=C/C=C/OCC(=O)N=c1c(C(=O)OCC)cc2c(=O)n3ccccc3nc2n1CCCOCC. The Morgan fingerprint density at radius 3 is 2.80 bits per heavy atom. The lowest BCUT2D eigenvalue weighted by Crippen LogP contribution is -2.33. The van der Waals surface area contributed by atoms with Crippen molar-refractivity contribution in [2.24, 2.45) is 4.99 Å². The fourth-order valence-corrected chi connectivity index (χ4v) is 3.42. The van der Waals surface area contributed by atoms with E-state index in [-0.39, 0.29) is 35.2 Å². The first-order valence-corrected chi connectivity index (χ1v) is 11.3. The first-order chi connectivity index (χ1) is 17.0. The van der Waals surface area contributed by atoms with E-state index in [1.807, 2.05) is 6.92 Å². The van der Waals surface area contributed by atoms with Crippen molar-refractivity contribution in [1.82, 2.24) is 14.0 Å². The predicted octanol–water partition coefficient (Wildman–Crippen LogP) is 2.40. The number of fused-ring (bicyclic) bond motifs is 2. The molecule has 0 atom stereocenters. The lowest BCUT2D eigenvalue weighted by molar-refractivity contribution is -0.120. The van der Waals surface area contributed by atoms with Gasteiger partial charge in [-0.05, 0) is 44.5 Å². The number of nitrogens with zero attached hydrogens (tertiary/aromatic N) is 4. The summed E-state index contributed by atoms with van der Waals surface area (Å²) in [7, 11) is 0. The molecule has 184 valence electrons. The van der Waals surface area contributed by atoms with Crippen molar-refractivity contribution in [1.29, 1.82) is 0 Å². The van der Waals surface area contributed by atoms with E-state index in [1.54, 1.807) is 35.9 Å². The third-order valence-corrected chi connectivity index (χ3v) is 4.91. The van der Waals surface area contributed by atoms with Crippen molar-refractivity contribution in [2.45, 2.75) is 26.8 Å². The summed E-state index contributed by atoms with van der Waals surface area (Å²) in [6, 6.07) is 6.56. The van der Waals surface area contributed by atoms with Gasteiger partial charge < -0.3 is 18.8 Å². The fraction of sp³-hybridized carbons (Fsp3) is 0.320. The van der Waals surface area contributed by atoms with Crippen molar-refractivity contribution >= 4 is 28.6 Å². The highest BCUT2D eigenvalue weighted by Gasteiger charge is 2.20. The predicted molar refractivity (Wildman–Crippen MR) is 130 cm³/mol. The molecule has 0 spiro atoms. The fourth-order valence-electron chi connectivity index (χ4n) is 3.42. The van der Waals surface area contributed by atoms with Gasteiger partial charge in [-0.1, -0.05) is 18.7 Å². The molecule has 0 N–H and O–H groups in total. The molecule has 0 bridgehead atoms. The van der Waals surface area contributed by atoms with Crippen molar-refractivity contribution < 1.29 is 23.8 Å². The first-order valence-electron chi connectivity index (χ1n) is 11.3. The van der Waals surface area contributed by atoms with Gasteiger partial charge in [0.15, 0.2) is 12.1 Å². The third-order valence-electron chi connectivity index (χ3n) is 4.91. The van der Waals surface area contributed by atoms with Crippen LogP contribution in [0.15, 0.2) is 65.2 Å². The number of carbonyl (C=O) groups excluding carboxylic acids is 2. The summed E-state index contributed by atoms with van der Waals surface area (Å²) in [6.07, 6.45) is 6.49. The van der Waals surface area contributed by atoms with E-state index in [0.29, 0.717) is 37.5 Å². The molecule has 0 aromatic carbocycles. The van der Waals surface area contributed by atoms with Crippen LogP contribution in [0.5, 0.6) is 0 Å². The molecule has 1 amide bonds. The minimum Gasteiger partial charge on any atom is -0.491 e. The van der Waals surface area contributed by atoms with Gasteiger partial charge in [0.05, 0.1) is 18.3 Å². The van der Waals surface area contributed by atoms with Gasteiger partial charge in [-0.25, -0.2) is 9.78 Å². The number of aromatic nitrogens is 3. The van der Waals surface area contributed by atoms with E-state index >= 15 is 0 Å². The van der Waals surface area contributed by atoms with Crippen LogP contribution in [0.3, 0.4) is 0 Å². The summed E-state index contributed by atoms with van der Waals surface area (Å²) in [5, 5.41) is 0.199. The van der Waals surface area contributed by atoms with Crippen LogP contribution in [-0.4, -0.2) is 52.3 Å². The zero-order chi connectivity index (χ0) is 25.2. The minimum atomic E-state index is -0.704. The van der Waals surface area contributed by atoms with Gasteiger partial charge in [0.25, 0.3) is 11.5 Å². The lowest BCUT2D eigenvalue weighted by atomic mass is 10.2. The number of amides is 1. The Balaban J connectivity index is 2.30. The minimum absolute atomic E-state index is 0.0134. The summed E-state index contributed by atoms with van der Waals surface area (Å²) in [5.74, 6) is -1.33. The molecule has 10 nitrogen and oxygen atoms in total. The summed E-state index contributed by atoms with van der Waals surface area (Å²) in [4.78, 5) is 47.6. The highest BCUT2D eigenvalue weighted by Crippen LogP contribution is 2.12. The van der Waals surface area contributed by atoms with Gasteiger partial charge in [0.2, 0.25) is 0 Å².